The van der Waals surface area contributed by atoms with Crippen LogP contribution in [0.4, 0.5) is 8.78 Å². The van der Waals surface area contributed by atoms with Crippen LogP contribution in [0.2, 0.25) is 0 Å². The van der Waals surface area contributed by atoms with E-state index in [2.05, 4.69) is 0 Å². The van der Waals surface area contributed by atoms with Gasteiger partial charge in [0.25, 0.3) is 0 Å². The minimum Gasteiger partial charge on any atom is -0.386 e. The Morgan fingerprint density at radius 3 is 2.36 bits per heavy atom. The third-order valence-corrected chi connectivity index (χ3v) is 1.86. The second-order valence-corrected chi connectivity index (χ2v) is 3.45. The maximum absolute atomic E-state index is 13.4. The Morgan fingerprint density at radius 2 is 1.93 bits per heavy atom. The van der Waals surface area contributed by atoms with E-state index in [1.54, 1.807) is 0 Å². The Bertz CT molecular complexity index is 402. The molecule has 1 N–H and O–H groups in total. The van der Waals surface area contributed by atoms with Crippen LogP contribution in [0.15, 0.2) is 12.1 Å². The van der Waals surface area contributed by atoms with Crippen molar-refractivity contribution < 1.29 is 13.9 Å². The summed E-state index contributed by atoms with van der Waals surface area (Å²) in [6.45, 7) is 2.73. The molecule has 0 saturated carbocycles. The van der Waals surface area contributed by atoms with Crippen molar-refractivity contribution in [3.63, 3.8) is 0 Å². The van der Waals surface area contributed by atoms with E-state index in [1.165, 1.54) is 19.9 Å². The lowest BCUT2D eigenvalue weighted by Crippen LogP contribution is -2.18. The maximum Gasteiger partial charge on any atom is 0.150 e. The summed E-state index contributed by atoms with van der Waals surface area (Å²) in [6.07, 6.45) is 0. The highest BCUT2D eigenvalue weighted by Crippen LogP contribution is 2.25. The van der Waals surface area contributed by atoms with Crippen molar-refractivity contribution in [2.75, 3.05) is 0 Å². The molecule has 0 amide bonds. The average Bonchev–Trinajstić information content (AvgIpc) is 2.02. The molecule has 14 heavy (non-hydrogen) atoms. The lowest BCUT2D eigenvalue weighted by atomic mass is 9.96. The molecular formula is C10H9F2NO. The lowest BCUT2D eigenvalue weighted by Gasteiger charge is -2.18. The van der Waals surface area contributed by atoms with Gasteiger partial charge >= 0.3 is 0 Å². The van der Waals surface area contributed by atoms with E-state index in [4.69, 9.17) is 5.26 Å². The molecule has 0 spiro atoms. The average molecular weight is 197 g/mol. The Kier molecular flexibility index (Phi) is 2.54. The van der Waals surface area contributed by atoms with Crippen LogP contribution in [0, 0.1) is 23.0 Å². The molecule has 0 aliphatic heterocycles. The molecule has 0 bridgehead atoms. The van der Waals surface area contributed by atoms with E-state index in [-0.39, 0.29) is 5.56 Å². The van der Waals surface area contributed by atoms with E-state index in [0.29, 0.717) is 0 Å². The first-order chi connectivity index (χ1) is 6.38. The smallest absolute Gasteiger partial charge is 0.150 e. The first-order valence-corrected chi connectivity index (χ1v) is 3.99. The molecule has 0 radical (unpaired) electrons. The lowest BCUT2D eigenvalue weighted by molar-refractivity contribution is 0.0743. The number of nitriles is 1. The summed E-state index contributed by atoms with van der Waals surface area (Å²) in [7, 11) is 0. The molecular weight excluding hydrogens is 188 g/mol. The van der Waals surface area contributed by atoms with Crippen LogP contribution in [0.3, 0.4) is 0 Å². The van der Waals surface area contributed by atoms with Gasteiger partial charge in [0.15, 0.2) is 0 Å². The van der Waals surface area contributed by atoms with Gasteiger partial charge in [0, 0.05) is 5.56 Å². The molecule has 1 aromatic rings. The van der Waals surface area contributed by atoms with Gasteiger partial charge in [0.05, 0.1) is 5.60 Å². The second kappa shape index (κ2) is 3.35. The van der Waals surface area contributed by atoms with Gasteiger partial charge in [-0.05, 0) is 19.9 Å². The van der Waals surface area contributed by atoms with Crippen molar-refractivity contribution in [2.45, 2.75) is 19.4 Å². The second-order valence-electron chi connectivity index (χ2n) is 3.45. The SMILES string of the molecule is CC(C)(O)c1ccc(F)c(C#N)c1F. The first kappa shape index (κ1) is 10.6. The van der Waals surface area contributed by atoms with Gasteiger partial charge in [-0.2, -0.15) is 5.26 Å². The largest absolute Gasteiger partial charge is 0.386 e. The van der Waals surface area contributed by atoms with Gasteiger partial charge < -0.3 is 5.11 Å². The molecule has 0 aromatic heterocycles. The van der Waals surface area contributed by atoms with Crippen LogP contribution < -0.4 is 0 Å². The summed E-state index contributed by atoms with van der Waals surface area (Å²) in [6, 6.07) is 3.51. The van der Waals surface area contributed by atoms with Crippen molar-refractivity contribution >= 4 is 0 Å². The van der Waals surface area contributed by atoms with Crippen LogP contribution in [0.5, 0.6) is 0 Å². The van der Waals surface area contributed by atoms with Crippen LogP contribution >= 0.6 is 0 Å². The van der Waals surface area contributed by atoms with Gasteiger partial charge in [-0.25, -0.2) is 8.78 Å². The van der Waals surface area contributed by atoms with Crippen molar-refractivity contribution in [3.05, 3.63) is 34.9 Å². The maximum atomic E-state index is 13.4. The van der Waals surface area contributed by atoms with Gasteiger partial charge in [-0.1, -0.05) is 6.07 Å². The summed E-state index contributed by atoms with van der Waals surface area (Å²) < 4.78 is 26.3. The zero-order chi connectivity index (χ0) is 10.9. The summed E-state index contributed by atoms with van der Waals surface area (Å²) in [4.78, 5) is 0. The van der Waals surface area contributed by atoms with E-state index in [0.717, 1.165) is 12.1 Å². The third-order valence-electron chi connectivity index (χ3n) is 1.86. The van der Waals surface area contributed by atoms with Crippen LogP contribution in [-0.2, 0) is 5.60 Å². The van der Waals surface area contributed by atoms with Crippen molar-refractivity contribution in [2.24, 2.45) is 0 Å². The fourth-order valence-corrected chi connectivity index (χ4v) is 1.13. The highest BCUT2D eigenvalue weighted by atomic mass is 19.1. The van der Waals surface area contributed by atoms with Crippen molar-refractivity contribution in [1.82, 2.24) is 0 Å². The Morgan fingerprint density at radius 1 is 1.36 bits per heavy atom. The van der Waals surface area contributed by atoms with Gasteiger partial charge in [0.1, 0.15) is 23.3 Å². The highest BCUT2D eigenvalue weighted by Gasteiger charge is 2.24. The number of hydrogen-bond donors (Lipinski definition) is 1. The zero-order valence-corrected chi connectivity index (χ0v) is 7.81. The summed E-state index contributed by atoms with van der Waals surface area (Å²) >= 11 is 0. The molecule has 0 fully saturated rings. The van der Waals surface area contributed by atoms with E-state index < -0.39 is 22.8 Å². The quantitative estimate of drug-likeness (QED) is 0.748. The third kappa shape index (κ3) is 1.73. The number of nitrogens with zero attached hydrogens (tertiary/aromatic N) is 1. The van der Waals surface area contributed by atoms with E-state index in [1.807, 2.05) is 0 Å². The topological polar surface area (TPSA) is 44.0 Å². The number of aliphatic hydroxyl groups is 1. The molecule has 74 valence electrons. The minimum absolute atomic E-state index is 0.0875. The number of rotatable bonds is 1. The number of halogens is 2. The summed E-state index contributed by atoms with van der Waals surface area (Å²) in [5.74, 6) is -1.92. The predicted octanol–water partition coefficient (Wildman–Crippen LogP) is 2.06. The molecule has 2 nitrogen and oxygen atoms in total. The fourth-order valence-electron chi connectivity index (χ4n) is 1.13. The van der Waals surface area contributed by atoms with Crippen LogP contribution in [0.25, 0.3) is 0 Å². The summed E-state index contributed by atoms with van der Waals surface area (Å²) in [5, 5.41) is 18.0. The molecule has 0 aliphatic carbocycles. The van der Waals surface area contributed by atoms with Gasteiger partial charge in [-0.15, -0.1) is 0 Å². The standard InChI is InChI=1S/C10H9F2NO/c1-10(2,14)7-3-4-8(11)6(5-13)9(7)12/h3-4,14H,1-2H3. The van der Waals surface area contributed by atoms with Gasteiger partial charge in [0.2, 0.25) is 0 Å². The minimum atomic E-state index is -1.43. The Hall–Kier alpha value is -1.47. The predicted molar refractivity (Wildman–Crippen MR) is 46.3 cm³/mol. The monoisotopic (exact) mass is 197 g/mol. The van der Waals surface area contributed by atoms with Crippen LogP contribution in [-0.4, -0.2) is 5.11 Å². The zero-order valence-electron chi connectivity index (χ0n) is 7.81. The molecule has 0 heterocycles. The fraction of sp³-hybridized carbons (Fsp3) is 0.300. The molecule has 1 rings (SSSR count). The Balaban J connectivity index is 3.46. The van der Waals surface area contributed by atoms with Gasteiger partial charge in [-0.3, -0.25) is 0 Å². The highest BCUT2D eigenvalue weighted by molar-refractivity contribution is 5.38. The number of benzene rings is 1. The van der Waals surface area contributed by atoms with E-state index >= 15 is 0 Å². The molecule has 0 aliphatic rings. The molecule has 1 aromatic carbocycles. The molecule has 4 heteroatoms. The van der Waals surface area contributed by atoms with E-state index in [9.17, 15) is 13.9 Å². The molecule has 0 unspecified atom stereocenters. The molecule has 0 atom stereocenters. The normalized spacial score (nSPS) is 11.1. The Labute approximate surface area is 80.4 Å². The number of hydrogen-bond acceptors (Lipinski definition) is 2. The summed E-state index contributed by atoms with van der Waals surface area (Å²) in [5.41, 5.74) is -2.18. The first-order valence-electron chi connectivity index (χ1n) is 3.99. The van der Waals surface area contributed by atoms with Crippen molar-refractivity contribution in [1.29, 1.82) is 5.26 Å². The molecule has 0 saturated heterocycles. The van der Waals surface area contributed by atoms with Crippen molar-refractivity contribution in [3.8, 4) is 6.07 Å². The van der Waals surface area contributed by atoms with Crippen LogP contribution in [0.1, 0.15) is 25.0 Å².